The molecule has 0 radical (unpaired) electrons. The second kappa shape index (κ2) is 5.32. The van der Waals surface area contributed by atoms with Crippen LogP contribution in [0.1, 0.15) is 5.82 Å². The first-order valence-corrected chi connectivity index (χ1v) is 6.53. The van der Waals surface area contributed by atoms with Crippen LogP contribution in [0.5, 0.6) is 0 Å². The average molecular weight is 265 g/mol. The summed E-state index contributed by atoms with van der Waals surface area (Å²) in [4.78, 5) is 9.01. The van der Waals surface area contributed by atoms with E-state index >= 15 is 0 Å². The molecule has 0 saturated carbocycles. The van der Waals surface area contributed by atoms with Crippen molar-refractivity contribution in [3.05, 3.63) is 36.3 Å². The molecule has 4 heteroatoms. The van der Waals surface area contributed by atoms with Gasteiger partial charge in [-0.25, -0.2) is 4.98 Å². The number of benzene rings is 1. The molecular formula is C16H15N3O. The highest BCUT2D eigenvalue weighted by molar-refractivity contribution is 6.02. The third kappa shape index (κ3) is 2.13. The third-order valence-corrected chi connectivity index (χ3v) is 3.32. The van der Waals surface area contributed by atoms with E-state index in [1.165, 1.54) is 0 Å². The lowest BCUT2D eigenvalue weighted by molar-refractivity contribution is 0.158. The van der Waals surface area contributed by atoms with Crippen LogP contribution in [-0.4, -0.2) is 27.7 Å². The van der Waals surface area contributed by atoms with Crippen LogP contribution >= 0.6 is 0 Å². The van der Waals surface area contributed by atoms with Crippen LogP contribution in [-0.2, 0) is 11.3 Å². The number of rotatable bonds is 4. The Balaban J connectivity index is 2.08. The van der Waals surface area contributed by atoms with Gasteiger partial charge in [-0.05, 0) is 13.0 Å². The molecule has 3 aromatic rings. The highest BCUT2D eigenvalue weighted by atomic mass is 16.5. The van der Waals surface area contributed by atoms with E-state index in [0.29, 0.717) is 13.2 Å². The van der Waals surface area contributed by atoms with Crippen LogP contribution < -0.4 is 0 Å². The van der Waals surface area contributed by atoms with Gasteiger partial charge in [0.1, 0.15) is 17.9 Å². The predicted octanol–water partition coefficient (Wildman–Crippen LogP) is 2.54. The van der Waals surface area contributed by atoms with Crippen molar-refractivity contribution >= 4 is 21.9 Å². The first-order valence-electron chi connectivity index (χ1n) is 6.53. The smallest absolute Gasteiger partial charge is 0.108 e. The molecule has 0 amide bonds. The van der Waals surface area contributed by atoms with Crippen molar-refractivity contribution in [1.82, 2.24) is 14.5 Å². The lowest BCUT2D eigenvalue weighted by atomic mass is 10.2. The van der Waals surface area contributed by atoms with Crippen LogP contribution in [0.4, 0.5) is 0 Å². The molecule has 0 unspecified atom stereocenters. The molecular weight excluding hydrogens is 250 g/mol. The second-order valence-electron chi connectivity index (χ2n) is 4.58. The van der Waals surface area contributed by atoms with E-state index in [9.17, 15) is 0 Å². The molecule has 0 saturated heterocycles. The number of aryl methyl sites for hydroxylation is 1. The fraction of sp³-hybridized carbons (Fsp3) is 0.250. The molecule has 0 bridgehead atoms. The van der Waals surface area contributed by atoms with Gasteiger partial charge in [0, 0.05) is 11.9 Å². The summed E-state index contributed by atoms with van der Waals surface area (Å²) < 4.78 is 7.53. The number of aromatic nitrogens is 3. The van der Waals surface area contributed by atoms with Gasteiger partial charge in [0.15, 0.2) is 0 Å². The first kappa shape index (κ1) is 12.6. The maximum absolute atomic E-state index is 5.37. The van der Waals surface area contributed by atoms with E-state index in [1.807, 2.05) is 31.3 Å². The van der Waals surface area contributed by atoms with Crippen molar-refractivity contribution in [2.75, 3.05) is 13.2 Å². The summed E-state index contributed by atoms with van der Waals surface area (Å²) in [5.74, 6) is 3.43. The van der Waals surface area contributed by atoms with Gasteiger partial charge in [-0.2, -0.15) is 0 Å². The Labute approximate surface area is 117 Å². The van der Waals surface area contributed by atoms with Crippen molar-refractivity contribution in [3.63, 3.8) is 0 Å². The highest BCUT2D eigenvalue weighted by Gasteiger charge is 2.11. The van der Waals surface area contributed by atoms with Crippen molar-refractivity contribution in [3.8, 4) is 12.3 Å². The summed E-state index contributed by atoms with van der Waals surface area (Å²) in [6, 6.07) is 8.09. The van der Waals surface area contributed by atoms with E-state index < -0.39 is 0 Å². The number of ether oxygens (including phenoxy) is 1. The molecule has 0 atom stereocenters. The largest absolute Gasteiger partial charge is 0.367 e. The quantitative estimate of drug-likeness (QED) is 0.537. The van der Waals surface area contributed by atoms with E-state index in [2.05, 4.69) is 26.5 Å². The van der Waals surface area contributed by atoms with Crippen LogP contribution in [0.3, 0.4) is 0 Å². The zero-order valence-electron chi connectivity index (χ0n) is 11.3. The molecule has 0 aliphatic heterocycles. The van der Waals surface area contributed by atoms with Crippen molar-refractivity contribution in [1.29, 1.82) is 0 Å². The molecule has 2 heterocycles. The number of hydrogen-bond donors (Lipinski definition) is 0. The number of terminal acetylenes is 1. The molecule has 0 aliphatic rings. The van der Waals surface area contributed by atoms with Crippen molar-refractivity contribution < 1.29 is 4.74 Å². The van der Waals surface area contributed by atoms with Gasteiger partial charge in [-0.3, -0.25) is 4.98 Å². The summed E-state index contributed by atoms with van der Waals surface area (Å²) in [5.41, 5.74) is 3.00. The van der Waals surface area contributed by atoms with E-state index in [1.54, 1.807) is 0 Å². The lowest BCUT2D eigenvalue weighted by Crippen LogP contribution is -2.08. The monoisotopic (exact) mass is 265 g/mol. The number of nitrogens with zero attached hydrogens (tertiary/aromatic N) is 3. The predicted molar refractivity (Wildman–Crippen MR) is 79.4 cm³/mol. The van der Waals surface area contributed by atoms with Gasteiger partial charge in [0.05, 0.1) is 23.8 Å². The summed E-state index contributed by atoms with van der Waals surface area (Å²) in [6.07, 6.45) is 7.00. The Morgan fingerprint density at radius 2 is 2.15 bits per heavy atom. The second-order valence-corrected chi connectivity index (χ2v) is 4.58. The van der Waals surface area contributed by atoms with Gasteiger partial charge in [0.2, 0.25) is 0 Å². The molecule has 0 spiro atoms. The molecule has 20 heavy (non-hydrogen) atoms. The Hall–Kier alpha value is -2.38. The number of hydrogen-bond acceptors (Lipinski definition) is 3. The minimum absolute atomic E-state index is 0.341. The highest BCUT2D eigenvalue weighted by Crippen LogP contribution is 2.24. The molecule has 1 aromatic carbocycles. The lowest BCUT2D eigenvalue weighted by Gasteiger charge is -2.08. The summed E-state index contributed by atoms with van der Waals surface area (Å²) in [7, 11) is 0. The Kier molecular flexibility index (Phi) is 3.36. The van der Waals surface area contributed by atoms with Gasteiger partial charge < -0.3 is 9.30 Å². The molecule has 0 N–H and O–H groups in total. The average Bonchev–Trinajstić information content (AvgIpc) is 2.80. The SMILES string of the molecule is C#CCOCCn1c(C)nc2cnc3ccccc3c21. The standard InChI is InChI=1S/C16H15N3O/c1-3-9-20-10-8-19-12(2)18-15-11-17-14-7-5-4-6-13(14)16(15)19/h1,4-7,11H,8-10H2,2H3. The van der Waals surface area contributed by atoms with Gasteiger partial charge >= 0.3 is 0 Å². The van der Waals surface area contributed by atoms with Crippen LogP contribution in [0.2, 0.25) is 0 Å². The summed E-state index contributed by atoms with van der Waals surface area (Å²) >= 11 is 0. The normalized spacial score (nSPS) is 11.0. The molecule has 4 nitrogen and oxygen atoms in total. The zero-order chi connectivity index (χ0) is 13.9. The third-order valence-electron chi connectivity index (χ3n) is 3.32. The fourth-order valence-corrected chi connectivity index (χ4v) is 2.44. The molecule has 3 rings (SSSR count). The molecule has 0 aliphatic carbocycles. The molecule has 0 fully saturated rings. The fourth-order valence-electron chi connectivity index (χ4n) is 2.44. The maximum Gasteiger partial charge on any atom is 0.108 e. The summed E-state index contributed by atoms with van der Waals surface area (Å²) in [6.45, 7) is 3.65. The molecule has 2 aromatic heterocycles. The summed E-state index contributed by atoms with van der Waals surface area (Å²) in [5, 5.41) is 1.11. The van der Waals surface area contributed by atoms with E-state index in [-0.39, 0.29) is 0 Å². The van der Waals surface area contributed by atoms with Crippen LogP contribution in [0, 0.1) is 19.3 Å². The topological polar surface area (TPSA) is 39.9 Å². The van der Waals surface area contributed by atoms with E-state index in [4.69, 9.17) is 11.2 Å². The molecule has 100 valence electrons. The number of pyridine rings is 1. The van der Waals surface area contributed by atoms with E-state index in [0.717, 1.165) is 34.3 Å². The van der Waals surface area contributed by atoms with Crippen LogP contribution in [0.25, 0.3) is 21.9 Å². The Morgan fingerprint density at radius 3 is 3.00 bits per heavy atom. The Bertz CT molecular complexity index is 798. The van der Waals surface area contributed by atoms with Gasteiger partial charge in [-0.1, -0.05) is 24.1 Å². The minimum Gasteiger partial charge on any atom is -0.367 e. The minimum atomic E-state index is 0.341. The Morgan fingerprint density at radius 1 is 1.30 bits per heavy atom. The van der Waals surface area contributed by atoms with Crippen molar-refractivity contribution in [2.24, 2.45) is 0 Å². The van der Waals surface area contributed by atoms with Gasteiger partial charge in [-0.15, -0.1) is 6.42 Å². The number of para-hydroxylation sites is 1. The van der Waals surface area contributed by atoms with Gasteiger partial charge in [0.25, 0.3) is 0 Å². The van der Waals surface area contributed by atoms with Crippen molar-refractivity contribution in [2.45, 2.75) is 13.5 Å². The van der Waals surface area contributed by atoms with Crippen LogP contribution in [0.15, 0.2) is 30.5 Å². The number of fused-ring (bicyclic) bond motifs is 3. The zero-order valence-corrected chi connectivity index (χ0v) is 11.3. The first-order chi connectivity index (χ1) is 9.81. The maximum atomic E-state index is 5.37. The number of imidazole rings is 1.